The predicted molar refractivity (Wildman–Crippen MR) is 136 cm³/mol. The lowest BCUT2D eigenvalue weighted by Gasteiger charge is -2.18. The fraction of sp³-hybridized carbons (Fsp3) is 0.615. The van der Waals surface area contributed by atoms with Crippen LogP contribution in [0.1, 0.15) is 125 Å². The SMILES string of the molecule is CC(C)(C)OOOC(=O)c1cc(C(=O)OOOC(C)(C)C)c(C(=O)OOOC(C)(C)C)cc1C(=O)OOOC(C)(C)C. The van der Waals surface area contributed by atoms with E-state index in [4.69, 9.17) is 19.6 Å². The van der Waals surface area contributed by atoms with E-state index in [1.807, 2.05) is 0 Å². The third-order valence-corrected chi connectivity index (χ3v) is 3.61. The quantitative estimate of drug-likeness (QED) is 0.230. The molecule has 0 saturated heterocycles. The average Bonchev–Trinajstić information content (AvgIpc) is 2.79. The van der Waals surface area contributed by atoms with Crippen LogP contribution >= 0.6 is 0 Å². The van der Waals surface area contributed by atoms with Gasteiger partial charge in [0.05, 0.1) is 44.7 Å². The van der Waals surface area contributed by atoms with Crippen molar-refractivity contribution in [2.75, 3.05) is 0 Å². The van der Waals surface area contributed by atoms with E-state index in [0.29, 0.717) is 0 Å². The smallest absolute Gasteiger partial charge is 0.263 e. The summed E-state index contributed by atoms with van der Waals surface area (Å²) in [6.07, 6.45) is 0. The highest BCUT2D eigenvalue weighted by Gasteiger charge is 2.32. The molecule has 0 atom stereocenters. The predicted octanol–water partition coefficient (Wildman–Crippen LogP) is 4.96. The van der Waals surface area contributed by atoms with Gasteiger partial charge in [-0.05, 0) is 115 Å². The molecule has 0 bridgehead atoms. The van der Waals surface area contributed by atoms with Gasteiger partial charge in [0.25, 0.3) is 0 Å². The third-order valence-electron chi connectivity index (χ3n) is 3.61. The van der Waals surface area contributed by atoms with Crippen molar-refractivity contribution in [2.45, 2.75) is 105 Å². The molecule has 0 aliphatic rings. The van der Waals surface area contributed by atoms with Crippen LogP contribution in [0.15, 0.2) is 12.1 Å². The molecule has 238 valence electrons. The van der Waals surface area contributed by atoms with Crippen LogP contribution in [0.4, 0.5) is 0 Å². The molecular formula is C26H38O16. The van der Waals surface area contributed by atoms with Crippen LogP contribution in [0.5, 0.6) is 0 Å². The van der Waals surface area contributed by atoms with Crippen molar-refractivity contribution in [3.8, 4) is 0 Å². The van der Waals surface area contributed by atoms with Crippen molar-refractivity contribution in [2.24, 2.45) is 0 Å². The van der Waals surface area contributed by atoms with E-state index in [0.717, 1.165) is 12.1 Å². The summed E-state index contributed by atoms with van der Waals surface area (Å²) in [5.41, 5.74) is -6.31. The summed E-state index contributed by atoms with van der Waals surface area (Å²) in [6, 6.07) is 1.46. The van der Waals surface area contributed by atoms with E-state index in [2.05, 4.69) is 39.7 Å². The van der Waals surface area contributed by atoms with E-state index in [-0.39, 0.29) is 0 Å². The first-order valence-electron chi connectivity index (χ1n) is 12.4. The zero-order valence-electron chi connectivity index (χ0n) is 25.7. The highest BCUT2D eigenvalue weighted by molar-refractivity contribution is 6.10. The second kappa shape index (κ2) is 14.8. The number of hydrogen-bond donors (Lipinski definition) is 0. The van der Waals surface area contributed by atoms with Gasteiger partial charge in [-0.15, -0.1) is 0 Å². The molecule has 1 aromatic carbocycles. The number of benzene rings is 1. The molecule has 0 aliphatic heterocycles. The third kappa shape index (κ3) is 14.6. The summed E-state index contributed by atoms with van der Waals surface area (Å²) in [5.74, 6) is -5.46. The summed E-state index contributed by atoms with van der Waals surface area (Å²) in [6.45, 7) is 19.1. The Morgan fingerprint density at radius 1 is 0.381 bits per heavy atom. The first-order valence-corrected chi connectivity index (χ1v) is 12.4. The maximum absolute atomic E-state index is 12.9. The lowest BCUT2D eigenvalue weighted by Crippen LogP contribution is -2.25. The minimum Gasteiger partial charge on any atom is -0.263 e. The van der Waals surface area contributed by atoms with Crippen LogP contribution < -0.4 is 0 Å². The largest absolute Gasteiger partial charge is 0.377 e. The van der Waals surface area contributed by atoms with Gasteiger partial charge in [-0.2, -0.15) is 19.6 Å². The molecule has 0 N–H and O–H groups in total. The topological polar surface area (TPSA) is 179 Å². The molecule has 0 saturated carbocycles. The monoisotopic (exact) mass is 606 g/mol. The van der Waals surface area contributed by atoms with Crippen molar-refractivity contribution in [3.05, 3.63) is 34.4 Å². The highest BCUT2D eigenvalue weighted by atomic mass is 17.5. The lowest BCUT2D eigenvalue weighted by molar-refractivity contribution is -0.511. The van der Waals surface area contributed by atoms with Crippen molar-refractivity contribution in [1.29, 1.82) is 0 Å². The van der Waals surface area contributed by atoms with E-state index in [1.165, 1.54) is 0 Å². The molecule has 0 radical (unpaired) electrons. The Morgan fingerprint density at radius 3 is 0.690 bits per heavy atom. The lowest BCUT2D eigenvalue weighted by atomic mass is 9.98. The molecule has 1 aromatic rings. The second-order valence-electron chi connectivity index (χ2n) is 12.5. The zero-order chi connectivity index (χ0) is 32.5. The molecule has 1 rings (SSSR count). The van der Waals surface area contributed by atoms with Crippen LogP contribution in [0, 0.1) is 0 Å². The first-order chi connectivity index (χ1) is 19.0. The molecule has 0 aromatic heterocycles. The molecule has 0 spiro atoms. The number of carbonyl (C=O) groups excluding carboxylic acids is 4. The standard InChI is InChI=1S/C26H38O16/c1-23(2,3)35-39-31-19(27)15-13-17(21(29)33-41-37-25(7,8)9)18(22(30)34-42-38-26(10,11)12)14-16(15)20(28)32-40-36-24(4,5)6/h13-14H,1-12H3. The summed E-state index contributed by atoms with van der Waals surface area (Å²) >= 11 is 0. The number of rotatable bonds is 12. The fourth-order valence-electron chi connectivity index (χ4n) is 2.05. The number of hydrogen-bond acceptors (Lipinski definition) is 16. The molecule has 0 unspecified atom stereocenters. The summed E-state index contributed by atoms with van der Waals surface area (Å²) in [5, 5.41) is 18.0. The Balaban J connectivity index is 3.56. The molecule has 0 aliphatic carbocycles. The fourth-order valence-corrected chi connectivity index (χ4v) is 2.05. The van der Waals surface area contributed by atoms with Gasteiger partial charge in [-0.25, -0.2) is 19.2 Å². The van der Waals surface area contributed by atoms with Gasteiger partial charge >= 0.3 is 23.9 Å². The zero-order valence-corrected chi connectivity index (χ0v) is 25.7. The molecular weight excluding hydrogens is 568 g/mol. The van der Waals surface area contributed by atoms with Crippen LogP contribution in [-0.2, 0) is 59.3 Å². The normalized spacial score (nSPS) is 12.5. The second-order valence-corrected chi connectivity index (χ2v) is 12.5. The Hall–Kier alpha value is -3.22. The molecule has 16 nitrogen and oxygen atoms in total. The molecule has 16 heteroatoms. The van der Waals surface area contributed by atoms with E-state index in [1.54, 1.807) is 83.1 Å². The molecule has 42 heavy (non-hydrogen) atoms. The van der Waals surface area contributed by atoms with Gasteiger partial charge in [0.1, 0.15) is 0 Å². The highest BCUT2D eigenvalue weighted by Crippen LogP contribution is 2.24. The summed E-state index contributed by atoms with van der Waals surface area (Å²) in [4.78, 5) is 89.6. The van der Waals surface area contributed by atoms with E-state index < -0.39 is 68.5 Å². The van der Waals surface area contributed by atoms with Gasteiger partial charge in [0.2, 0.25) is 0 Å². The van der Waals surface area contributed by atoms with Crippen molar-refractivity contribution < 1.29 is 78.4 Å². The maximum atomic E-state index is 12.9. The van der Waals surface area contributed by atoms with Gasteiger partial charge in [-0.1, -0.05) is 0 Å². The Bertz CT molecular complexity index is 929. The van der Waals surface area contributed by atoms with E-state index in [9.17, 15) is 19.2 Å². The number of carbonyl (C=O) groups is 4. The van der Waals surface area contributed by atoms with Gasteiger partial charge in [0, 0.05) is 0 Å². The van der Waals surface area contributed by atoms with Crippen LogP contribution in [0.2, 0.25) is 0 Å². The van der Waals surface area contributed by atoms with Crippen molar-refractivity contribution >= 4 is 23.9 Å². The van der Waals surface area contributed by atoms with Crippen LogP contribution in [-0.4, -0.2) is 46.3 Å². The minimum atomic E-state index is -1.36. The van der Waals surface area contributed by atoms with Gasteiger partial charge in [-0.3, -0.25) is 19.6 Å². The maximum Gasteiger partial charge on any atom is 0.377 e. The first kappa shape index (κ1) is 36.8. The van der Waals surface area contributed by atoms with Gasteiger partial charge < -0.3 is 0 Å². The van der Waals surface area contributed by atoms with Crippen LogP contribution in [0.3, 0.4) is 0 Å². The molecule has 0 heterocycles. The minimum absolute atomic E-state index is 0.677. The Morgan fingerprint density at radius 2 is 0.548 bits per heavy atom. The van der Waals surface area contributed by atoms with Crippen LogP contribution in [0.25, 0.3) is 0 Å². The van der Waals surface area contributed by atoms with Crippen molar-refractivity contribution in [1.82, 2.24) is 0 Å². The van der Waals surface area contributed by atoms with Crippen molar-refractivity contribution in [3.63, 3.8) is 0 Å². The van der Waals surface area contributed by atoms with Gasteiger partial charge in [0.15, 0.2) is 0 Å². The molecule has 0 fully saturated rings. The Kier molecular flexibility index (Phi) is 13.0. The average molecular weight is 607 g/mol. The Labute approximate surface area is 242 Å². The summed E-state index contributed by atoms with van der Waals surface area (Å²) in [7, 11) is 0. The molecule has 0 amide bonds. The summed E-state index contributed by atoms with van der Waals surface area (Å²) < 4.78 is 0. The van der Waals surface area contributed by atoms with E-state index >= 15 is 0 Å².